The van der Waals surface area contributed by atoms with Gasteiger partial charge in [-0.25, -0.2) is 10.2 Å². The predicted octanol–water partition coefficient (Wildman–Crippen LogP) is 7.41. The van der Waals surface area contributed by atoms with Crippen LogP contribution in [0.4, 0.5) is 0 Å². The quantitative estimate of drug-likeness (QED) is 0.0500. The first-order valence-electron chi connectivity index (χ1n) is 13.9. The van der Waals surface area contributed by atoms with Gasteiger partial charge in [-0.15, -0.1) is 0 Å². The molecule has 0 atom stereocenters. The van der Waals surface area contributed by atoms with Crippen LogP contribution >= 0.6 is 34.2 Å². The lowest BCUT2D eigenvalue weighted by Gasteiger charge is -2.13. The molecule has 0 spiro atoms. The molecule has 1 amide bonds. The van der Waals surface area contributed by atoms with Crippen LogP contribution in [0.25, 0.3) is 22.0 Å². The van der Waals surface area contributed by atoms with Crippen LogP contribution in [-0.2, 0) is 4.79 Å². The number of nitrogens with zero attached hydrogens (tertiary/aromatic N) is 1. The number of halogens is 2. The molecule has 0 aliphatic carbocycles. The lowest BCUT2D eigenvalue weighted by Crippen LogP contribution is -2.19. The number of nitrogens with one attached hydrogen (secondary N) is 2. The first-order valence-corrected chi connectivity index (χ1v) is 15.4. The molecule has 0 aliphatic heterocycles. The van der Waals surface area contributed by atoms with Crippen molar-refractivity contribution in [1.82, 2.24) is 10.4 Å². The third-order valence-electron chi connectivity index (χ3n) is 6.63. The van der Waals surface area contributed by atoms with Gasteiger partial charge in [0.05, 0.1) is 25.5 Å². The minimum atomic E-state index is -0.676. The summed E-state index contributed by atoms with van der Waals surface area (Å²) in [6.45, 7) is 3.36. The topological polar surface area (TPSA) is 128 Å². The highest BCUT2D eigenvalue weighted by Gasteiger charge is 2.21. The summed E-state index contributed by atoms with van der Waals surface area (Å²) in [6.07, 6.45) is 1.45. The molecule has 0 unspecified atom stereocenters. The summed E-state index contributed by atoms with van der Waals surface area (Å²) in [6, 6.07) is 22.4. The van der Waals surface area contributed by atoms with E-state index in [0.717, 1.165) is 20.0 Å². The zero-order valence-electron chi connectivity index (χ0n) is 24.9. The highest BCUT2D eigenvalue weighted by molar-refractivity contribution is 14.1. The zero-order chi connectivity index (χ0) is 32.8. The number of hydrazone groups is 1. The number of hydrogen-bond donors (Lipinski definition) is 2. The van der Waals surface area contributed by atoms with Crippen LogP contribution in [0.1, 0.15) is 40.3 Å². The smallest absolute Gasteiger partial charge is 0.343 e. The van der Waals surface area contributed by atoms with Crippen LogP contribution in [0.5, 0.6) is 23.0 Å². The minimum absolute atomic E-state index is 0.173. The van der Waals surface area contributed by atoms with Gasteiger partial charge in [-0.05, 0) is 95.7 Å². The molecule has 5 rings (SSSR count). The van der Waals surface area contributed by atoms with Gasteiger partial charge < -0.3 is 23.9 Å². The maximum absolute atomic E-state index is 13.4. The van der Waals surface area contributed by atoms with Crippen molar-refractivity contribution in [3.05, 3.63) is 104 Å². The van der Waals surface area contributed by atoms with E-state index in [-0.39, 0.29) is 22.8 Å². The molecule has 0 saturated heterocycles. The first kappa shape index (κ1) is 32.5. The van der Waals surface area contributed by atoms with Gasteiger partial charge >= 0.3 is 11.9 Å². The van der Waals surface area contributed by atoms with E-state index in [4.69, 9.17) is 30.5 Å². The Bertz CT molecular complexity index is 1990. The average molecular weight is 752 g/mol. The number of ether oxygens (including phenoxy) is 4. The number of fused-ring (bicyclic) bond motifs is 1. The van der Waals surface area contributed by atoms with Crippen LogP contribution in [0.3, 0.4) is 0 Å². The van der Waals surface area contributed by atoms with E-state index < -0.39 is 17.8 Å². The van der Waals surface area contributed by atoms with Crippen molar-refractivity contribution in [1.29, 1.82) is 0 Å². The highest BCUT2D eigenvalue weighted by atomic mass is 127. The summed E-state index contributed by atoms with van der Waals surface area (Å²) < 4.78 is 22.7. The molecule has 0 radical (unpaired) electrons. The normalized spacial score (nSPS) is 11.0. The molecule has 46 heavy (non-hydrogen) atoms. The molecular formula is C34H27ClIN3O7. The second-order valence-electron chi connectivity index (χ2n) is 9.73. The molecule has 0 fully saturated rings. The number of benzene rings is 4. The summed E-state index contributed by atoms with van der Waals surface area (Å²) in [7, 11) is 1.39. The Morgan fingerprint density at radius 1 is 0.935 bits per heavy atom. The Labute approximate surface area is 282 Å². The van der Waals surface area contributed by atoms with Crippen molar-refractivity contribution in [2.45, 2.75) is 13.8 Å². The van der Waals surface area contributed by atoms with Crippen molar-refractivity contribution in [3.63, 3.8) is 0 Å². The fourth-order valence-corrected chi connectivity index (χ4v) is 5.37. The second-order valence-corrected chi connectivity index (χ2v) is 11.4. The fourth-order valence-electron chi connectivity index (χ4n) is 4.65. The molecule has 5 aromatic rings. The van der Waals surface area contributed by atoms with E-state index in [1.54, 1.807) is 31.2 Å². The van der Waals surface area contributed by atoms with Crippen LogP contribution in [0.2, 0.25) is 5.02 Å². The van der Waals surface area contributed by atoms with Crippen LogP contribution in [-0.4, -0.2) is 42.8 Å². The Kier molecular flexibility index (Phi) is 10.2. The third kappa shape index (κ3) is 7.32. The molecule has 2 N–H and O–H groups in total. The van der Waals surface area contributed by atoms with Gasteiger partial charge in [0.15, 0.2) is 23.0 Å². The van der Waals surface area contributed by atoms with Crippen LogP contribution < -0.4 is 24.4 Å². The summed E-state index contributed by atoms with van der Waals surface area (Å²) in [5, 5.41) is 5.53. The first-order chi connectivity index (χ1) is 22.2. The number of hydrogen-bond acceptors (Lipinski definition) is 8. The van der Waals surface area contributed by atoms with Gasteiger partial charge in [-0.2, -0.15) is 5.10 Å². The molecule has 0 saturated carbocycles. The number of esters is 2. The molecule has 10 nitrogen and oxygen atoms in total. The predicted molar refractivity (Wildman–Crippen MR) is 183 cm³/mol. The number of methoxy groups -OCH3 is 1. The third-order valence-corrected chi connectivity index (χ3v) is 7.63. The Morgan fingerprint density at radius 3 is 2.43 bits per heavy atom. The Morgan fingerprint density at radius 2 is 1.70 bits per heavy atom. The largest absolute Gasteiger partial charge is 0.493 e. The lowest BCUT2D eigenvalue weighted by molar-refractivity contribution is -0.132. The van der Waals surface area contributed by atoms with E-state index in [1.807, 2.05) is 36.4 Å². The van der Waals surface area contributed by atoms with Crippen molar-refractivity contribution >= 4 is 69.2 Å². The number of aromatic amines is 1. The summed E-state index contributed by atoms with van der Waals surface area (Å²) >= 11 is 8.76. The second kappa shape index (κ2) is 14.5. The fraction of sp³-hybridized carbons (Fsp3) is 0.118. The number of rotatable bonds is 10. The van der Waals surface area contributed by atoms with Crippen molar-refractivity contribution in [3.8, 4) is 34.1 Å². The Hall–Kier alpha value is -4.88. The van der Waals surface area contributed by atoms with Crippen LogP contribution in [0, 0.1) is 3.57 Å². The van der Waals surface area contributed by atoms with Gasteiger partial charge in [0.1, 0.15) is 5.69 Å². The highest BCUT2D eigenvalue weighted by Crippen LogP contribution is 2.37. The monoisotopic (exact) mass is 751 g/mol. The van der Waals surface area contributed by atoms with E-state index >= 15 is 0 Å². The number of H-pyrrole nitrogens is 1. The SMILES string of the molecule is CCOc1cc(C=NNC(=O)c2[nH]c3ccc(I)cc3c2-c2ccccc2Cl)ccc1OC(=O)c1ccc(OC(C)=O)c(OC)c1. The molecular weight excluding hydrogens is 725 g/mol. The van der Waals surface area contributed by atoms with E-state index in [9.17, 15) is 14.4 Å². The molecule has 0 bridgehead atoms. The molecule has 234 valence electrons. The molecule has 1 aromatic heterocycles. The van der Waals surface area contributed by atoms with Gasteiger partial charge in [-0.3, -0.25) is 9.59 Å². The number of carbonyl (C=O) groups excluding carboxylic acids is 3. The standard InChI is InChI=1S/C34H27ClIN3O7/c1-4-44-30-15-20(9-13-28(30)46-34(42)21-10-14-27(45-19(2)40)29(16-21)43-3)18-37-39-33(41)32-31(23-7-5-6-8-25(23)35)24-17-22(36)11-12-26(24)38-32/h5-18,38H,4H2,1-3H3,(H,39,41). The summed E-state index contributed by atoms with van der Waals surface area (Å²) in [5.41, 5.74) is 5.83. The molecule has 4 aromatic carbocycles. The van der Waals surface area contributed by atoms with E-state index in [2.05, 4.69) is 38.1 Å². The van der Waals surface area contributed by atoms with Gasteiger partial charge in [0.25, 0.3) is 5.91 Å². The molecule has 0 aliphatic rings. The maximum atomic E-state index is 13.4. The molecule has 12 heteroatoms. The number of carbonyl (C=O) groups is 3. The summed E-state index contributed by atoms with van der Waals surface area (Å²) in [5.74, 6) is -0.810. The van der Waals surface area contributed by atoms with Gasteiger partial charge in [0.2, 0.25) is 0 Å². The van der Waals surface area contributed by atoms with Crippen molar-refractivity contribution in [2.24, 2.45) is 5.10 Å². The van der Waals surface area contributed by atoms with Gasteiger partial charge in [-0.1, -0.05) is 29.8 Å². The van der Waals surface area contributed by atoms with Crippen molar-refractivity contribution < 1.29 is 33.3 Å². The number of aromatic nitrogens is 1. The minimum Gasteiger partial charge on any atom is -0.493 e. The van der Waals surface area contributed by atoms with Gasteiger partial charge in [0, 0.05) is 37.5 Å². The van der Waals surface area contributed by atoms with E-state index in [0.29, 0.717) is 34.2 Å². The maximum Gasteiger partial charge on any atom is 0.343 e. The van der Waals surface area contributed by atoms with E-state index in [1.165, 1.54) is 38.4 Å². The number of amides is 1. The van der Waals surface area contributed by atoms with Crippen LogP contribution in [0.15, 0.2) is 84.0 Å². The average Bonchev–Trinajstić information content (AvgIpc) is 3.41. The Balaban J connectivity index is 1.35. The van der Waals surface area contributed by atoms with Crippen molar-refractivity contribution in [2.75, 3.05) is 13.7 Å². The summed E-state index contributed by atoms with van der Waals surface area (Å²) in [4.78, 5) is 40.9. The zero-order valence-corrected chi connectivity index (χ0v) is 27.8. The molecule has 1 heterocycles. The lowest BCUT2D eigenvalue weighted by atomic mass is 10.0.